The third-order valence-corrected chi connectivity index (χ3v) is 4.23. The summed E-state index contributed by atoms with van der Waals surface area (Å²) in [5.41, 5.74) is 1.63. The molecule has 0 aromatic rings. The topological polar surface area (TPSA) is 0 Å². The first-order valence-electron chi connectivity index (χ1n) is 9.46. The second-order valence-electron chi connectivity index (χ2n) is 6.48. The summed E-state index contributed by atoms with van der Waals surface area (Å²) in [6.45, 7) is 6.90. The van der Waals surface area contributed by atoms with Crippen LogP contribution >= 0.6 is 0 Å². The maximum atomic E-state index is 2.49. The van der Waals surface area contributed by atoms with E-state index in [2.05, 4.69) is 26.8 Å². The predicted octanol–water partition coefficient (Wildman–Crippen LogP) is 7.82. The molecular weight excluding hydrogens is 240 g/mol. The molecule has 0 nitrogen and oxygen atoms in total. The number of hydrogen-bond acceptors (Lipinski definition) is 0. The molecule has 0 saturated carbocycles. The van der Waals surface area contributed by atoms with Crippen LogP contribution in [0.1, 0.15) is 117 Å². The van der Waals surface area contributed by atoms with Gasteiger partial charge in [-0.2, -0.15) is 0 Å². The van der Waals surface area contributed by atoms with E-state index in [9.17, 15) is 0 Å². The summed E-state index contributed by atoms with van der Waals surface area (Å²) in [6, 6.07) is 0. The Morgan fingerprint density at radius 1 is 0.600 bits per heavy atom. The summed E-state index contributed by atoms with van der Waals surface area (Å²) in [6.07, 6.45) is 23.6. The molecule has 0 aliphatic rings. The summed E-state index contributed by atoms with van der Waals surface area (Å²) in [5, 5.41) is 0. The quantitative estimate of drug-likeness (QED) is 0.212. The van der Waals surface area contributed by atoms with Crippen LogP contribution in [-0.4, -0.2) is 0 Å². The lowest BCUT2D eigenvalue weighted by Gasteiger charge is -2.03. The highest BCUT2D eigenvalue weighted by Gasteiger charge is 1.94. The van der Waals surface area contributed by atoms with Gasteiger partial charge in [0.2, 0.25) is 0 Å². The van der Waals surface area contributed by atoms with E-state index < -0.39 is 0 Å². The Hall–Kier alpha value is -0.260. The monoisotopic (exact) mass is 280 g/mol. The Morgan fingerprint density at radius 2 is 1.05 bits per heavy atom. The van der Waals surface area contributed by atoms with Crippen LogP contribution in [0, 0.1) is 0 Å². The molecule has 0 unspecified atom stereocenters. The van der Waals surface area contributed by atoms with Gasteiger partial charge in [-0.15, -0.1) is 0 Å². The van der Waals surface area contributed by atoms with E-state index >= 15 is 0 Å². The zero-order valence-corrected chi connectivity index (χ0v) is 14.7. The standard InChI is InChI=1S/C20H40/c1-4-6-8-10-12-13-15-17-19-20(3)18-16-14-11-9-7-5-2/h18H,4-17,19H2,1-3H3. The fourth-order valence-electron chi connectivity index (χ4n) is 2.74. The molecule has 20 heavy (non-hydrogen) atoms. The maximum absolute atomic E-state index is 2.49. The van der Waals surface area contributed by atoms with Gasteiger partial charge in [-0.1, -0.05) is 96.1 Å². The van der Waals surface area contributed by atoms with Crippen molar-refractivity contribution in [2.45, 2.75) is 117 Å². The Balaban J connectivity index is 3.24. The highest BCUT2D eigenvalue weighted by Crippen LogP contribution is 2.14. The first kappa shape index (κ1) is 19.7. The Morgan fingerprint density at radius 3 is 1.60 bits per heavy atom. The van der Waals surface area contributed by atoms with Crippen LogP contribution in [0.25, 0.3) is 0 Å². The van der Waals surface area contributed by atoms with Gasteiger partial charge < -0.3 is 0 Å². The third kappa shape index (κ3) is 15.8. The van der Waals surface area contributed by atoms with Gasteiger partial charge in [-0.25, -0.2) is 0 Å². The first-order chi connectivity index (χ1) is 9.81. The molecule has 0 radical (unpaired) electrons. The van der Waals surface area contributed by atoms with E-state index in [1.807, 2.05) is 0 Å². The second kappa shape index (κ2) is 16.8. The summed E-state index contributed by atoms with van der Waals surface area (Å²) < 4.78 is 0. The van der Waals surface area contributed by atoms with Crippen LogP contribution in [0.3, 0.4) is 0 Å². The molecule has 0 heteroatoms. The van der Waals surface area contributed by atoms with Gasteiger partial charge in [0.1, 0.15) is 0 Å². The van der Waals surface area contributed by atoms with Crippen molar-refractivity contribution in [3.63, 3.8) is 0 Å². The SMILES string of the molecule is CCCCCCCC=C(C)CCCCCCCCCC. The molecule has 120 valence electrons. The van der Waals surface area contributed by atoms with Crippen LogP contribution in [0.15, 0.2) is 11.6 Å². The van der Waals surface area contributed by atoms with E-state index in [0.29, 0.717) is 0 Å². The lowest BCUT2D eigenvalue weighted by Crippen LogP contribution is -1.83. The van der Waals surface area contributed by atoms with Crippen LogP contribution in [0.2, 0.25) is 0 Å². The molecule has 0 aromatic carbocycles. The first-order valence-corrected chi connectivity index (χ1v) is 9.46. The van der Waals surface area contributed by atoms with Gasteiger partial charge >= 0.3 is 0 Å². The molecular formula is C20H40. The average Bonchev–Trinajstić information content (AvgIpc) is 2.45. The number of hydrogen-bond donors (Lipinski definition) is 0. The lowest BCUT2D eigenvalue weighted by molar-refractivity contribution is 0.574. The van der Waals surface area contributed by atoms with Crippen LogP contribution < -0.4 is 0 Å². The smallest absolute Gasteiger partial charge is 0.0323 e. The zero-order valence-electron chi connectivity index (χ0n) is 14.7. The summed E-state index contributed by atoms with van der Waals surface area (Å²) >= 11 is 0. The molecule has 0 heterocycles. The van der Waals surface area contributed by atoms with Crippen molar-refractivity contribution >= 4 is 0 Å². The molecule has 0 N–H and O–H groups in total. The second-order valence-corrected chi connectivity index (χ2v) is 6.48. The lowest BCUT2D eigenvalue weighted by atomic mass is 10.0. The number of unbranched alkanes of at least 4 members (excludes halogenated alkanes) is 12. The molecule has 0 rings (SSSR count). The van der Waals surface area contributed by atoms with Crippen molar-refractivity contribution in [3.8, 4) is 0 Å². The highest BCUT2D eigenvalue weighted by molar-refractivity contribution is 4.97. The van der Waals surface area contributed by atoms with E-state index in [1.165, 1.54) is 96.3 Å². The Labute approximate surface area is 129 Å². The van der Waals surface area contributed by atoms with E-state index in [1.54, 1.807) is 5.57 Å². The molecule has 0 aromatic heterocycles. The molecule has 0 bridgehead atoms. The summed E-state index contributed by atoms with van der Waals surface area (Å²) in [4.78, 5) is 0. The van der Waals surface area contributed by atoms with Crippen LogP contribution in [0.5, 0.6) is 0 Å². The molecule has 0 spiro atoms. The zero-order chi connectivity index (χ0) is 14.9. The average molecular weight is 281 g/mol. The molecule has 0 saturated heterocycles. The van der Waals surface area contributed by atoms with Crippen molar-refractivity contribution < 1.29 is 0 Å². The fourth-order valence-corrected chi connectivity index (χ4v) is 2.74. The van der Waals surface area contributed by atoms with Gasteiger partial charge in [0.15, 0.2) is 0 Å². The number of allylic oxidation sites excluding steroid dienone is 2. The largest absolute Gasteiger partial charge is 0.0856 e. The minimum Gasteiger partial charge on any atom is -0.0856 e. The predicted molar refractivity (Wildman–Crippen MR) is 94.4 cm³/mol. The molecule has 0 aliphatic carbocycles. The van der Waals surface area contributed by atoms with Gasteiger partial charge in [0.25, 0.3) is 0 Å². The summed E-state index contributed by atoms with van der Waals surface area (Å²) in [5.74, 6) is 0. The van der Waals surface area contributed by atoms with Crippen molar-refractivity contribution in [2.75, 3.05) is 0 Å². The molecule has 0 aliphatic heterocycles. The van der Waals surface area contributed by atoms with Gasteiger partial charge in [0.05, 0.1) is 0 Å². The van der Waals surface area contributed by atoms with E-state index in [0.717, 1.165) is 0 Å². The fraction of sp³-hybridized carbons (Fsp3) is 0.900. The van der Waals surface area contributed by atoms with E-state index in [-0.39, 0.29) is 0 Å². The molecule has 0 atom stereocenters. The minimum absolute atomic E-state index is 1.31. The third-order valence-electron chi connectivity index (χ3n) is 4.23. The maximum Gasteiger partial charge on any atom is -0.0323 e. The Bertz CT molecular complexity index is 202. The Kier molecular flexibility index (Phi) is 16.6. The normalized spacial score (nSPS) is 12.1. The van der Waals surface area contributed by atoms with Crippen molar-refractivity contribution in [3.05, 3.63) is 11.6 Å². The van der Waals surface area contributed by atoms with Gasteiger partial charge in [0, 0.05) is 0 Å². The number of rotatable bonds is 15. The summed E-state index contributed by atoms with van der Waals surface area (Å²) in [7, 11) is 0. The molecule has 0 amide bonds. The minimum atomic E-state index is 1.31. The highest BCUT2D eigenvalue weighted by atomic mass is 14.0. The van der Waals surface area contributed by atoms with Crippen LogP contribution in [-0.2, 0) is 0 Å². The van der Waals surface area contributed by atoms with Crippen molar-refractivity contribution in [1.82, 2.24) is 0 Å². The van der Waals surface area contributed by atoms with E-state index in [4.69, 9.17) is 0 Å². The van der Waals surface area contributed by atoms with Gasteiger partial charge in [-0.05, 0) is 32.6 Å². The van der Waals surface area contributed by atoms with Crippen molar-refractivity contribution in [1.29, 1.82) is 0 Å². The molecule has 0 fully saturated rings. The van der Waals surface area contributed by atoms with Crippen LogP contribution in [0.4, 0.5) is 0 Å². The van der Waals surface area contributed by atoms with Gasteiger partial charge in [-0.3, -0.25) is 0 Å². The van der Waals surface area contributed by atoms with Crippen molar-refractivity contribution in [2.24, 2.45) is 0 Å².